The summed E-state index contributed by atoms with van der Waals surface area (Å²) in [5.74, 6) is -1.04. The van der Waals surface area contributed by atoms with E-state index in [1.165, 1.54) is 30.5 Å². The van der Waals surface area contributed by atoms with Gasteiger partial charge in [0, 0.05) is 16.6 Å². The van der Waals surface area contributed by atoms with E-state index in [1.807, 2.05) is 13.0 Å². The number of nitrogens with one attached hydrogen (secondary N) is 1. The van der Waals surface area contributed by atoms with E-state index >= 15 is 0 Å². The average molecular weight is 291 g/mol. The number of ether oxygens (including phenoxy) is 1. The highest BCUT2D eigenvalue weighted by molar-refractivity contribution is 7.14. The van der Waals surface area contributed by atoms with E-state index in [1.54, 1.807) is 6.07 Å². The van der Waals surface area contributed by atoms with Gasteiger partial charge < -0.3 is 9.72 Å². The third-order valence-corrected chi connectivity index (χ3v) is 3.70. The Balaban J connectivity index is 1.94. The summed E-state index contributed by atoms with van der Waals surface area (Å²) in [4.78, 5) is 38.8. The average Bonchev–Trinajstić information content (AvgIpc) is 3.04. The van der Waals surface area contributed by atoms with Crippen LogP contribution < -0.4 is 0 Å². The third kappa shape index (κ3) is 3.21. The van der Waals surface area contributed by atoms with E-state index in [4.69, 9.17) is 4.74 Å². The third-order valence-electron chi connectivity index (χ3n) is 2.66. The quantitative estimate of drug-likeness (QED) is 0.678. The molecular formula is C14H13NO4S. The van der Waals surface area contributed by atoms with Crippen LogP contribution in [0.1, 0.15) is 42.3 Å². The van der Waals surface area contributed by atoms with Crippen molar-refractivity contribution in [2.24, 2.45) is 0 Å². The number of carbonyl (C=O) groups excluding carboxylic acids is 3. The second-order valence-electron chi connectivity index (χ2n) is 4.27. The highest BCUT2D eigenvalue weighted by Gasteiger charge is 2.15. The summed E-state index contributed by atoms with van der Waals surface area (Å²) in [6.07, 6.45) is 1.43. The second-order valence-corrected chi connectivity index (χ2v) is 5.56. The lowest BCUT2D eigenvalue weighted by Crippen LogP contribution is -2.13. The molecule has 0 saturated heterocycles. The molecule has 1 N–H and O–H groups in total. The topological polar surface area (TPSA) is 76.2 Å². The zero-order chi connectivity index (χ0) is 14.7. The number of H-pyrrole nitrogens is 1. The van der Waals surface area contributed by atoms with Gasteiger partial charge in [-0.2, -0.15) is 0 Å². The number of aromatic nitrogens is 1. The van der Waals surface area contributed by atoms with Crippen molar-refractivity contribution in [2.45, 2.75) is 13.8 Å². The smallest absolute Gasteiger partial charge is 0.355 e. The van der Waals surface area contributed by atoms with E-state index < -0.39 is 5.97 Å². The van der Waals surface area contributed by atoms with Crippen molar-refractivity contribution in [3.05, 3.63) is 45.4 Å². The molecule has 0 aromatic carbocycles. The van der Waals surface area contributed by atoms with Crippen molar-refractivity contribution in [1.29, 1.82) is 0 Å². The number of thiophene rings is 1. The van der Waals surface area contributed by atoms with Gasteiger partial charge in [0.05, 0.1) is 4.88 Å². The summed E-state index contributed by atoms with van der Waals surface area (Å²) in [5, 5.41) is 0. The molecular weight excluding hydrogens is 278 g/mol. The number of Topliss-reactive ketones (excluding diaryl/α,β-unsaturated/α-hetero) is 2. The minimum absolute atomic E-state index is 0.148. The van der Waals surface area contributed by atoms with E-state index in [0.29, 0.717) is 10.4 Å². The largest absolute Gasteiger partial charge is 0.453 e. The molecule has 0 radical (unpaired) electrons. The standard InChI is InChI=1S/C14H13NO4S/c1-8-3-4-13(20-8)12(17)7-19-14(18)11-5-10(6-15-11)9(2)16/h3-6,15H,7H2,1-2H3. The molecule has 0 aliphatic heterocycles. The minimum atomic E-state index is -0.654. The maximum absolute atomic E-state index is 11.8. The van der Waals surface area contributed by atoms with Gasteiger partial charge in [-0.3, -0.25) is 9.59 Å². The molecule has 0 fully saturated rings. The fourth-order valence-corrected chi connectivity index (χ4v) is 2.37. The van der Waals surface area contributed by atoms with Crippen LogP contribution in [-0.4, -0.2) is 29.1 Å². The summed E-state index contributed by atoms with van der Waals surface area (Å²) in [5.41, 5.74) is 0.558. The monoisotopic (exact) mass is 291 g/mol. The van der Waals surface area contributed by atoms with Gasteiger partial charge in [0.15, 0.2) is 12.4 Å². The maximum Gasteiger partial charge on any atom is 0.355 e. The predicted molar refractivity (Wildman–Crippen MR) is 74.5 cm³/mol. The molecule has 0 aliphatic carbocycles. The molecule has 2 aromatic heterocycles. The van der Waals surface area contributed by atoms with Crippen LogP contribution in [0.25, 0.3) is 0 Å². The Morgan fingerprint density at radius 3 is 2.60 bits per heavy atom. The van der Waals surface area contributed by atoms with Gasteiger partial charge in [0.25, 0.3) is 0 Å². The van der Waals surface area contributed by atoms with Crippen molar-refractivity contribution in [3.63, 3.8) is 0 Å². The number of rotatable bonds is 5. The molecule has 2 aromatic rings. The molecule has 2 rings (SSSR count). The number of esters is 1. The second kappa shape index (κ2) is 5.83. The van der Waals surface area contributed by atoms with Crippen molar-refractivity contribution < 1.29 is 19.1 Å². The Morgan fingerprint density at radius 1 is 1.30 bits per heavy atom. The molecule has 5 nitrogen and oxygen atoms in total. The molecule has 20 heavy (non-hydrogen) atoms. The van der Waals surface area contributed by atoms with Crippen molar-refractivity contribution >= 4 is 28.9 Å². The van der Waals surface area contributed by atoms with Crippen molar-refractivity contribution in [2.75, 3.05) is 6.61 Å². The normalized spacial score (nSPS) is 10.3. The number of aryl methyl sites for hydroxylation is 1. The van der Waals surface area contributed by atoms with Crippen molar-refractivity contribution in [3.8, 4) is 0 Å². The van der Waals surface area contributed by atoms with E-state index in [2.05, 4.69) is 4.98 Å². The van der Waals surface area contributed by atoms with E-state index in [9.17, 15) is 14.4 Å². The molecule has 0 bridgehead atoms. The molecule has 0 spiro atoms. The van der Waals surface area contributed by atoms with Gasteiger partial charge in [-0.1, -0.05) is 0 Å². The number of ketones is 2. The SMILES string of the molecule is CC(=O)c1c[nH]c(C(=O)OCC(=O)c2ccc(C)s2)c1. The highest BCUT2D eigenvalue weighted by Crippen LogP contribution is 2.16. The Kier molecular flexibility index (Phi) is 4.14. The summed E-state index contributed by atoms with van der Waals surface area (Å²) < 4.78 is 4.92. The first-order chi connectivity index (χ1) is 9.47. The highest BCUT2D eigenvalue weighted by atomic mass is 32.1. The molecule has 104 valence electrons. The first-order valence-electron chi connectivity index (χ1n) is 5.93. The van der Waals surface area contributed by atoms with Crippen LogP contribution in [0.4, 0.5) is 0 Å². The number of aromatic amines is 1. The number of carbonyl (C=O) groups is 3. The van der Waals surface area contributed by atoms with Crippen LogP contribution in [0, 0.1) is 6.92 Å². The fourth-order valence-electron chi connectivity index (χ4n) is 1.58. The van der Waals surface area contributed by atoms with Crippen LogP contribution in [0.2, 0.25) is 0 Å². The molecule has 0 amide bonds. The van der Waals surface area contributed by atoms with Crippen LogP contribution in [-0.2, 0) is 4.74 Å². The van der Waals surface area contributed by atoms with Crippen LogP contribution in [0.5, 0.6) is 0 Å². The summed E-state index contributed by atoms with van der Waals surface area (Å²) >= 11 is 1.36. The Hall–Kier alpha value is -2.21. The summed E-state index contributed by atoms with van der Waals surface area (Å²) in [6, 6.07) is 4.95. The lowest BCUT2D eigenvalue weighted by atomic mass is 10.2. The lowest BCUT2D eigenvalue weighted by molar-refractivity contribution is 0.0470. The lowest BCUT2D eigenvalue weighted by Gasteiger charge is -2.01. The van der Waals surface area contributed by atoms with Crippen LogP contribution >= 0.6 is 11.3 Å². The first-order valence-corrected chi connectivity index (χ1v) is 6.75. The van der Waals surface area contributed by atoms with Crippen molar-refractivity contribution in [1.82, 2.24) is 4.98 Å². The Morgan fingerprint density at radius 2 is 2.05 bits per heavy atom. The first kappa shape index (κ1) is 14.2. The van der Waals surface area contributed by atoms with Gasteiger partial charge in [0.1, 0.15) is 5.69 Å². The van der Waals surface area contributed by atoms with E-state index in [0.717, 1.165) is 4.88 Å². The van der Waals surface area contributed by atoms with Gasteiger partial charge in [-0.05, 0) is 32.0 Å². The Labute approximate surface area is 119 Å². The summed E-state index contributed by atoms with van der Waals surface area (Å²) in [6.45, 7) is 2.99. The van der Waals surface area contributed by atoms with Crippen LogP contribution in [0.15, 0.2) is 24.4 Å². The van der Waals surface area contributed by atoms with Gasteiger partial charge in [-0.25, -0.2) is 4.79 Å². The van der Waals surface area contributed by atoms with Gasteiger partial charge >= 0.3 is 5.97 Å². The van der Waals surface area contributed by atoms with Crippen LogP contribution in [0.3, 0.4) is 0 Å². The predicted octanol–water partition coefficient (Wildman–Crippen LogP) is 2.63. The Bertz CT molecular complexity index is 668. The molecule has 0 saturated carbocycles. The van der Waals surface area contributed by atoms with Gasteiger partial charge in [-0.15, -0.1) is 11.3 Å². The molecule has 0 unspecified atom stereocenters. The molecule has 0 aliphatic rings. The zero-order valence-electron chi connectivity index (χ0n) is 11.1. The molecule has 2 heterocycles. The number of hydrogen-bond acceptors (Lipinski definition) is 5. The zero-order valence-corrected chi connectivity index (χ0v) is 11.9. The maximum atomic E-state index is 11.8. The summed E-state index contributed by atoms with van der Waals surface area (Å²) in [7, 11) is 0. The van der Waals surface area contributed by atoms with E-state index in [-0.39, 0.29) is 23.9 Å². The minimum Gasteiger partial charge on any atom is -0.453 e. The van der Waals surface area contributed by atoms with Gasteiger partial charge in [0.2, 0.25) is 5.78 Å². The fraction of sp³-hybridized carbons (Fsp3) is 0.214. The molecule has 0 atom stereocenters. The number of hydrogen-bond donors (Lipinski definition) is 1. The molecule has 6 heteroatoms.